The Balaban J connectivity index is 4.60. The molecule has 0 N–H and O–H groups in total. The van der Waals surface area contributed by atoms with Crippen LogP contribution < -0.4 is 0 Å². The van der Waals surface area contributed by atoms with Gasteiger partial charge in [0.1, 0.15) is 0 Å². The Bertz CT molecular complexity index is 1100. The Hall–Kier alpha value is -3.12. The van der Waals surface area contributed by atoms with Crippen LogP contribution in [0.15, 0.2) is 142 Å². The second-order valence-corrected chi connectivity index (χ2v) is 11.4. The van der Waals surface area contributed by atoms with E-state index in [4.69, 9.17) is 0 Å². The lowest BCUT2D eigenvalue weighted by atomic mass is 10.1. The average molecular weight is 539 g/mol. The fourth-order valence-corrected chi connectivity index (χ4v) is 3.65. The van der Waals surface area contributed by atoms with E-state index in [0.29, 0.717) is 0 Å². The van der Waals surface area contributed by atoms with E-state index in [2.05, 4.69) is 166 Å². The molecule has 40 heavy (non-hydrogen) atoms. The summed E-state index contributed by atoms with van der Waals surface area (Å²) in [5, 5.41) is 0. The summed E-state index contributed by atoms with van der Waals surface area (Å²) in [6.07, 6.45) is 41.8. The monoisotopic (exact) mass is 538 g/mol. The summed E-state index contributed by atoms with van der Waals surface area (Å²) in [6.45, 7) is 21.7. The van der Waals surface area contributed by atoms with Crippen LogP contribution in [0.3, 0.4) is 0 Å². The minimum atomic E-state index is 1.11. The molecule has 0 saturated heterocycles. The maximum atomic E-state index is 2.39. The number of rotatable bonds is 17. The van der Waals surface area contributed by atoms with Crippen LogP contribution in [0.2, 0.25) is 0 Å². The lowest BCUT2D eigenvalue weighted by molar-refractivity contribution is 0.918. The normalized spacial score (nSPS) is 14.8. The maximum absolute atomic E-state index is 2.39. The predicted octanol–water partition coefficient (Wildman–Crippen LogP) is 13.2. The topological polar surface area (TPSA) is 0 Å². The van der Waals surface area contributed by atoms with Crippen molar-refractivity contribution in [1.29, 1.82) is 0 Å². The van der Waals surface area contributed by atoms with Crippen molar-refractivity contribution in [2.45, 2.75) is 108 Å². The van der Waals surface area contributed by atoms with Crippen molar-refractivity contribution in [3.63, 3.8) is 0 Å². The van der Waals surface area contributed by atoms with Gasteiger partial charge in [0.25, 0.3) is 0 Å². The van der Waals surface area contributed by atoms with Crippen molar-refractivity contribution in [2.75, 3.05) is 0 Å². The summed E-state index contributed by atoms with van der Waals surface area (Å²) >= 11 is 0. The zero-order valence-corrected chi connectivity index (χ0v) is 27.5. The molecule has 0 heteroatoms. The van der Waals surface area contributed by atoms with E-state index in [9.17, 15) is 0 Å². The Labute approximate surface area is 249 Å². The van der Waals surface area contributed by atoms with Gasteiger partial charge in [-0.3, -0.25) is 0 Å². The first-order chi connectivity index (χ1) is 19.0. The van der Waals surface area contributed by atoms with Crippen LogP contribution in [-0.2, 0) is 0 Å². The minimum Gasteiger partial charge on any atom is -0.0856 e. The third kappa shape index (κ3) is 25.2. The van der Waals surface area contributed by atoms with Crippen molar-refractivity contribution in [3.05, 3.63) is 142 Å². The van der Waals surface area contributed by atoms with Gasteiger partial charge in [-0.15, -0.1) is 0 Å². The highest BCUT2D eigenvalue weighted by molar-refractivity contribution is 5.31. The fourth-order valence-electron chi connectivity index (χ4n) is 3.65. The summed E-state index contributed by atoms with van der Waals surface area (Å²) in [6, 6.07) is 0. The molecule has 0 spiro atoms. The van der Waals surface area contributed by atoms with Crippen molar-refractivity contribution in [3.8, 4) is 0 Å². The van der Waals surface area contributed by atoms with Gasteiger partial charge in [0.2, 0.25) is 0 Å². The lowest BCUT2D eigenvalue weighted by Gasteiger charge is -2.00. The first-order valence-corrected chi connectivity index (χ1v) is 15.0. The Kier molecular flexibility index (Phi) is 21.9. The van der Waals surface area contributed by atoms with E-state index in [1.807, 2.05) is 0 Å². The average Bonchev–Trinajstić information content (AvgIpc) is 2.86. The van der Waals surface area contributed by atoms with Crippen molar-refractivity contribution in [1.82, 2.24) is 0 Å². The maximum Gasteiger partial charge on any atom is -0.0285 e. The van der Waals surface area contributed by atoms with Gasteiger partial charge in [0, 0.05) is 0 Å². The standard InChI is InChI=1S/C40H58/c1-33(2)19-13-23-37(7)27-17-31-39(9)29-15-25-35(5)21-11-12-22-36(6)26-16-30-40(10)32-18-28-38(8)24-14-20-34(3)4/h11-12,15-17,19-22,25-31H,13-14,18,23-24,32H2,1-10H3/b12-11+,25-15+,26-16+,31-17+,35-21-,36-22-,37-27-,38-28-,39-29-,40-30-. The zero-order valence-electron chi connectivity index (χ0n) is 27.5. The van der Waals surface area contributed by atoms with Gasteiger partial charge < -0.3 is 0 Å². The third-order valence-electron chi connectivity index (χ3n) is 6.24. The van der Waals surface area contributed by atoms with Crippen LogP contribution in [0, 0.1) is 0 Å². The molecule has 0 nitrogen and oxygen atoms in total. The quantitative estimate of drug-likeness (QED) is 0.128. The summed E-state index contributed by atoms with van der Waals surface area (Å²) in [5.41, 5.74) is 10.8. The first-order valence-electron chi connectivity index (χ1n) is 15.0. The minimum absolute atomic E-state index is 1.11. The summed E-state index contributed by atoms with van der Waals surface area (Å²) in [4.78, 5) is 0. The van der Waals surface area contributed by atoms with E-state index < -0.39 is 0 Å². The molecule has 0 aliphatic rings. The van der Waals surface area contributed by atoms with Crippen LogP contribution in [0.5, 0.6) is 0 Å². The van der Waals surface area contributed by atoms with Gasteiger partial charge in [-0.25, -0.2) is 0 Å². The molecule has 0 radical (unpaired) electrons. The highest BCUT2D eigenvalue weighted by atomic mass is 14.0. The molecule has 0 atom stereocenters. The molecular formula is C40H58. The van der Waals surface area contributed by atoms with Crippen molar-refractivity contribution >= 4 is 0 Å². The zero-order chi connectivity index (χ0) is 30.2. The highest BCUT2D eigenvalue weighted by Crippen LogP contribution is 2.12. The van der Waals surface area contributed by atoms with Crippen molar-refractivity contribution < 1.29 is 0 Å². The van der Waals surface area contributed by atoms with E-state index >= 15 is 0 Å². The summed E-state index contributed by atoms with van der Waals surface area (Å²) < 4.78 is 0. The first kappa shape index (κ1) is 36.9. The molecule has 0 bridgehead atoms. The summed E-state index contributed by atoms with van der Waals surface area (Å²) in [5.74, 6) is 0. The van der Waals surface area contributed by atoms with Crippen LogP contribution >= 0.6 is 0 Å². The van der Waals surface area contributed by atoms with Gasteiger partial charge in [-0.05, 0) is 108 Å². The molecule has 218 valence electrons. The smallest absolute Gasteiger partial charge is 0.0285 e. The van der Waals surface area contributed by atoms with Gasteiger partial charge in [-0.2, -0.15) is 0 Å². The molecule has 0 unspecified atom stereocenters. The molecule has 0 saturated carbocycles. The largest absolute Gasteiger partial charge is 0.0856 e. The van der Waals surface area contributed by atoms with E-state index in [0.717, 1.165) is 32.1 Å². The van der Waals surface area contributed by atoms with Gasteiger partial charge in [0.05, 0.1) is 0 Å². The number of hydrogen-bond acceptors (Lipinski definition) is 0. The summed E-state index contributed by atoms with van der Waals surface area (Å²) in [7, 11) is 0. The highest BCUT2D eigenvalue weighted by Gasteiger charge is 1.91. The molecule has 0 heterocycles. The third-order valence-corrected chi connectivity index (χ3v) is 6.24. The fraction of sp³-hybridized carbons (Fsp3) is 0.400. The molecule has 0 aliphatic carbocycles. The second kappa shape index (κ2) is 23.7. The SMILES string of the molecule is CC(C)=CCC\C(C)=C/C=C/C(C)=C\C=C\C(C)=C/C=C/C=C(C)\C=C\C=C(\C)CC/C=C(/C)CCC=C(C)C. The predicted molar refractivity (Wildman–Crippen MR) is 186 cm³/mol. The molecule has 0 rings (SSSR count). The second-order valence-electron chi connectivity index (χ2n) is 11.4. The lowest BCUT2D eigenvalue weighted by Crippen LogP contribution is -1.80. The van der Waals surface area contributed by atoms with Crippen LogP contribution in [0.1, 0.15) is 108 Å². The molecule has 0 amide bonds. The molecule has 0 aromatic rings. The molecule has 0 fully saturated rings. The number of allylic oxidation sites excluding steroid dienone is 24. The van der Waals surface area contributed by atoms with Crippen LogP contribution in [-0.4, -0.2) is 0 Å². The molecule has 0 aromatic heterocycles. The van der Waals surface area contributed by atoms with Crippen LogP contribution in [0.4, 0.5) is 0 Å². The number of hydrogen-bond donors (Lipinski definition) is 0. The van der Waals surface area contributed by atoms with Gasteiger partial charge in [-0.1, -0.05) is 142 Å². The Morgan fingerprint density at radius 3 is 1.07 bits per heavy atom. The van der Waals surface area contributed by atoms with E-state index in [-0.39, 0.29) is 0 Å². The van der Waals surface area contributed by atoms with Gasteiger partial charge in [0.15, 0.2) is 0 Å². The Morgan fingerprint density at radius 1 is 0.350 bits per heavy atom. The van der Waals surface area contributed by atoms with Crippen LogP contribution in [0.25, 0.3) is 0 Å². The van der Waals surface area contributed by atoms with Crippen molar-refractivity contribution in [2.24, 2.45) is 0 Å². The Morgan fingerprint density at radius 2 is 0.675 bits per heavy atom. The van der Waals surface area contributed by atoms with E-state index in [1.165, 1.54) is 51.0 Å². The molecule has 0 aromatic carbocycles. The van der Waals surface area contributed by atoms with E-state index in [1.54, 1.807) is 0 Å². The molecular weight excluding hydrogens is 480 g/mol. The van der Waals surface area contributed by atoms with Gasteiger partial charge >= 0.3 is 0 Å². The molecule has 0 aliphatic heterocycles.